The van der Waals surface area contributed by atoms with Gasteiger partial charge in [0.2, 0.25) is 0 Å². The number of hydrogen-bond donors (Lipinski definition) is 1. The molecule has 0 aromatic carbocycles. The lowest BCUT2D eigenvalue weighted by molar-refractivity contribution is 0.0571. The molecule has 0 bridgehead atoms. The summed E-state index contributed by atoms with van der Waals surface area (Å²) in [4.78, 5) is 10.5. The van der Waals surface area contributed by atoms with Crippen LogP contribution in [0.5, 0.6) is 0 Å². The van der Waals surface area contributed by atoms with E-state index in [9.17, 15) is 5.11 Å². The highest BCUT2D eigenvalue weighted by molar-refractivity contribution is 6.31. The van der Waals surface area contributed by atoms with Gasteiger partial charge in [-0.05, 0) is 18.3 Å². The molecule has 0 radical (unpaired) electrons. The fraction of sp³-hybridized carbons (Fsp3) is 0.667. The molecule has 1 aromatic heterocycles. The lowest BCUT2D eigenvalue weighted by Gasteiger charge is -2.42. The van der Waals surface area contributed by atoms with E-state index in [2.05, 4.69) is 14.9 Å². The van der Waals surface area contributed by atoms with Gasteiger partial charge in [0, 0.05) is 38.0 Å². The van der Waals surface area contributed by atoms with E-state index in [1.165, 1.54) is 19.3 Å². The van der Waals surface area contributed by atoms with Crippen molar-refractivity contribution in [1.29, 1.82) is 0 Å². The normalized spacial score (nSPS) is 26.2. The van der Waals surface area contributed by atoms with Crippen molar-refractivity contribution in [2.24, 2.45) is 11.3 Å². The van der Waals surface area contributed by atoms with E-state index >= 15 is 0 Å². The molecule has 1 spiro atoms. The van der Waals surface area contributed by atoms with Crippen LogP contribution in [-0.2, 0) is 0 Å². The van der Waals surface area contributed by atoms with Crippen LogP contribution < -0.4 is 4.90 Å². The maximum absolute atomic E-state index is 9.50. The van der Waals surface area contributed by atoms with Gasteiger partial charge in [-0.2, -0.15) is 0 Å². The van der Waals surface area contributed by atoms with Crippen molar-refractivity contribution in [3.63, 3.8) is 0 Å². The average molecular weight is 254 g/mol. The molecule has 1 aromatic rings. The second-order valence-corrected chi connectivity index (χ2v) is 5.50. The number of rotatable bonds is 2. The Kier molecular flexibility index (Phi) is 2.71. The van der Waals surface area contributed by atoms with Crippen LogP contribution in [0.25, 0.3) is 0 Å². The molecule has 0 amide bonds. The largest absolute Gasteiger partial charge is 0.396 e. The summed E-state index contributed by atoms with van der Waals surface area (Å²) in [5.74, 6) is 1.12. The first kappa shape index (κ1) is 11.2. The van der Waals surface area contributed by atoms with Gasteiger partial charge < -0.3 is 10.0 Å². The fourth-order valence-corrected chi connectivity index (χ4v) is 3.39. The van der Waals surface area contributed by atoms with Crippen LogP contribution in [0, 0.1) is 11.3 Å². The second-order valence-electron chi connectivity index (χ2n) is 5.15. The van der Waals surface area contributed by atoms with Crippen LogP contribution >= 0.6 is 11.6 Å². The van der Waals surface area contributed by atoms with Crippen molar-refractivity contribution in [3.05, 3.63) is 17.5 Å². The van der Waals surface area contributed by atoms with Crippen LogP contribution in [0.1, 0.15) is 19.3 Å². The van der Waals surface area contributed by atoms with Gasteiger partial charge in [-0.25, -0.2) is 9.97 Å². The van der Waals surface area contributed by atoms with Crippen molar-refractivity contribution in [3.8, 4) is 0 Å². The number of hydrogen-bond acceptors (Lipinski definition) is 4. The van der Waals surface area contributed by atoms with Gasteiger partial charge in [0.1, 0.15) is 0 Å². The summed E-state index contributed by atoms with van der Waals surface area (Å²) < 4.78 is 0. The van der Waals surface area contributed by atoms with Gasteiger partial charge in [-0.1, -0.05) is 18.0 Å². The van der Waals surface area contributed by atoms with E-state index in [4.69, 9.17) is 11.6 Å². The van der Waals surface area contributed by atoms with E-state index < -0.39 is 0 Å². The first-order chi connectivity index (χ1) is 8.25. The SMILES string of the molecule is OCC1CN(c2nccnc2Cl)CC12CCC2. The van der Waals surface area contributed by atoms with Crippen LogP contribution in [0.2, 0.25) is 5.15 Å². The number of aromatic nitrogens is 2. The van der Waals surface area contributed by atoms with Crippen molar-refractivity contribution in [1.82, 2.24) is 9.97 Å². The molecular weight excluding hydrogens is 238 g/mol. The summed E-state index contributed by atoms with van der Waals surface area (Å²) in [6.07, 6.45) is 6.98. The molecule has 5 heteroatoms. The smallest absolute Gasteiger partial charge is 0.171 e. The Morgan fingerprint density at radius 3 is 2.71 bits per heavy atom. The van der Waals surface area contributed by atoms with Crippen molar-refractivity contribution in [2.45, 2.75) is 19.3 Å². The molecule has 2 fully saturated rings. The molecule has 2 heterocycles. The predicted molar refractivity (Wildman–Crippen MR) is 66.1 cm³/mol. The van der Waals surface area contributed by atoms with Crippen LogP contribution in [-0.4, -0.2) is 34.8 Å². The van der Waals surface area contributed by atoms with Crippen molar-refractivity contribution >= 4 is 17.4 Å². The summed E-state index contributed by atoms with van der Waals surface area (Å²) in [6.45, 7) is 2.06. The van der Waals surface area contributed by atoms with E-state index in [1.54, 1.807) is 12.4 Å². The Labute approximate surface area is 106 Å². The zero-order valence-electron chi connectivity index (χ0n) is 9.64. The van der Waals surface area contributed by atoms with Gasteiger partial charge in [-0.15, -0.1) is 0 Å². The Balaban J connectivity index is 1.85. The minimum absolute atomic E-state index is 0.258. The Hall–Kier alpha value is -0.870. The highest BCUT2D eigenvalue weighted by atomic mass is 35.5. The van der Waals surface area contributed by atoms with E-state index in [0.717, 1.165) is 18.9 Å². The van der Waals surface area contributed by atoms with Gasteiger partial charge >= 0.3 is 0 Å². The van der Waals surface area contributed by atoms with Crippen LogP contribution in [0.4, 0.5) is 5.82 Å². The van der Waals surface area contributed by atoms with Gasteiger partial charge in [0.25, 0.3) is 0 Å². The molecule has 1 aliphatic carbocycles. The third kappa shape index (κ3) is 1.70. The molecule has 2 aliphatic rings. The van der Waals surface area contributed by atoms with Crippen LogP contribution in [0.3, 0.4) is 0 Å². The maximum Gasteiger partial charge on any atom is 0.171 e. The molecule has 4 nitrogen and oxygen atoms in total. The number of aliphatic hydroxyl groups is 1. The first-order valence-corrected chi connectivity index (χ1v) is 6.45. The summed E-state index contributed by atoms with van der Waals surface area (Å²) in [7, 11) is 0. The number of anilines is 1. The van der Waals surface area contributed by atoms with Gasteiger partial charge in [-0.3, -0.25) is 0 Å². The molecule has 1 saturated heterocycles. The van der Waals surface area contributed by atoms with Gasteiger partial charge in [0.05, 0.1) is 0 Å². The van der Waals surface area contributed by atoms with E-state index in [-0.39, 0.29) is 6.61 Å². The summed E-state index contributed by atoms with van der Waals surface area (Å²) in [5.41, 5.74) is 0.301. The Morgan fingerprint density at radius 2 is 2.18 bits per heavy atom. The fourth-order valence-electron chi connectivity index (χ4n) is 3.17. The van der Waals surface area contributed by atoms with Crippen LogP contribution in [0.15, 0.2) is 12.4 Å². The first-order valence-electron chi connectivity index (χ1n) is 6.07. The minimum atomic E-state index is 0.258. The monoisotopic (exact) mass is 253 g/mol. The molecule has 1 unspecified atom stereocenters. The minimum Gasteiger partial charge on any atom is -0.396 e. The average Bonchev–Trinajstić information content (AvgIpc) is 2.69. The Morgan fingerprint density at radius 1 is 1.41 bits per heavy atom. The maximum atomic E-state index is 9.50. The quantitative estimate of drug-likeness (QED) is 0.872. The highest BCUT2D eigenvalue weighted by Crippen LogP contribution is 2.52. The molecule has 1 saturated carbocycles. The number of nitrogens with zero attached hydrogens (tertiary/aromatic N) is 3. The van der Waals surface area contributed by atoms with Crippen molar-refractivity contribution < 1.29 is 5.11 Å². The molecular formula is C12H16ClN3O. The molecule has 1 atom stereocenters. The third-order valence-electron chi connectivity index (χ3n) is 4.32. The molecule has 3 rings (SSSR count). The predicted octanol–water partition coefficient (Wildman–Crippen LogP) is 1.73. The lowest BCUT2D eigenvalue weighted by Crippen LogP contribution is -2.39. The molecule has 17 heavy (non-hydrogen) atoms. The zero-order valence-corrected chi connectivity index (χ0v) is 10.4. The second kappa shape index (κ2) is 4.10. The van der Waals surface area contributed by atoms with Gasteiger partial charge in [0.15, 0.2) is 11.0 Å². The lowest BCUT2D eigenvalue weighted by atomic mass is 9.63. The summed E-state index contributed by atoms with van der Waals surface area (Å²) in [6, 6.07) is 0. The third-order valence-corrected chi connectivity index (χ3v) is 4.58. The molecule has 1 aliphatic heterocycles. The highest BCUT2D eigenvalue weighted by Gasteiger charge is 2.50. The van der Waals surface area contributed by atoms with E-state index in [1.807, 2.05) is 0 Å². The summed E-state index contributed by atoms with van der Waals surface area (Å²) in [5, 5.41) is 9.96. The van der Waals surface area contributed by atoms with E-state index in [0.29, 0.717) is 16.5 Å². The summed E-state index contributed by atoms with van der Waals surface area (Å²) >= 11 is 6.07. The molecule has 92 valence electrons. The van der Waals surface area contributed by atoms with Crippen molar-refractivity contribution in [2.75, 3.05) is 24.6 Å². The number of halogens is 1. The topological polar surface area (TPSA) is 49.2 Å². The Bertz CT molecular complexity index is 422. The standard InChI is InChI=1S/C12H16ClN3O/c13-10-11(15-5-4-14-10)16-6-9(7-17)12(8-16)2-1-3-12/h4-5,9,17H,1-3,6-8H2. The zero-order chi connectivity index (χ0) is 11.9. The molecule has 1 N–H and O–H groups in total. The number of aliphatic hydroxyl groups excluding tert-OH is 1.